The van der Waals surface area contributed by atoms with E-state index in [4.69, 9.17) is 0 Å². The summed E-state index contributed by atoms with van der Waals surface area (Å²) >= 11 is 1.43. The molecule has 0 bridgehead atoms. The van der Waals surface area contributed by atoms with Gasteiger partial charge in [-0.25, -0.2) is 4.39 Å². The number of hydrogen-bond acceptors (Lipinski definition) is 3. The van der Waals surface area contributed by atoms with Gasteiger partial charge in [-0.1, -0.05) is 19.1 Å². The van der Waals surface area contributed by atoms with Crippen LogP contribution in [-0.4, -0.2) is 28.9 Å². The van der Waals surface area contributed by atoms with Gasteiger partial charge in [0.05, 0.1) is 0 Å². The van der Waals surface area contributed by atoms with E-state index < -0.39 is 11.5 Å². The van der Waals surface area contributed by atoms with Gasteiger partial charge in [-0.15, -0.1) is 11.8 Å². The molecule has 0 aliphatic rings. The second kappa shape index (κ2) is 8.27. The average Bonchev–Trinajstić information content (AvgIpc) is 2.43. The lowest BCUT2D eigenvalue weighted by atomic mass is 9.96. The molecule has 0 aromatic heterocycles. The van der Waals surface area contributed by atoms with Crippen LogP contribution in [0.25, 0.3) is 0 Å². The summed E-state index contributed by atoms with van der Waals surface area (Å²) in [5.41, 5.74) is -0.897. The van der Waals surface area contributed by atoms with Gasteiger partial charge >= 0.3 is 5.97 Å². The number of carbonyl (C=O) groups is 1. The van der Waals surface area contributed by atoms with Gasteiger partial charge in [0, 0.05) is 4.90 Å². The molecule has 0 spiro atoms. The monoisotopic (exact) mass is 299 g/mol. The van der Waals surface area contributed by atoms with Crippen molar-refractivity contribution in [2.45, 2.75) is 43.5 Å². The van der Waals surface area contributed by atoms with Crippen molar-refractivity contribution in [3.63, 3.8) is 0 Å². The highest BCUT2D eigenvalue weighted by Crippen LogP contribution is 2.24. The van der Waals surface area contributed by atoms with E-state index in [0.717, 1.165) is 12.8 Å². The van der Waals surface area contributed by atoms with Crippen molar-refractivity contribution in [2.24, 2.45) is 0 Å². The Bertz CT molecular complexity index is 442. The van der Waals surface area contributed by atoms with Crippen LogP contribution in [0.1, 0.15) is 33.1 Å². The maximum atomic E-state index is 13.4. The number of carboxylic acid groups (broad SMARTS) is 1. The molecule has 1 aromatic rings. The Morgan fingerprint density at radius 1 is 1.45 bits per heavy atom. The lowest BCUT2D eigenvalue weighted by molar-refractivity contribution is -0.144. The highest BCUT2D eigenvalue weighted by Gasteiger charge is 2.31. The molecule has 20 heavy (non-hydrogen) atoms. The largest absolute Gasteiger partial charge is 0.480 e. The fraction of sp³-hybridized carbons (Fsp3) is 0.533. The van der Waals surface area contributed by atoms with Crippen molar-refractivity contribution in [1.29, 1.82) is 0 Å². The normalized spacial score (nSPS) is 13.9. The standard InChI is InChI=1S/C15H22FNO2S/c1-3-10-17-15(2,14(18)19)9-6-11-20-13-8-5-4-7-12(13)16/h4-5,7-8,17H,3,6,9-11H2,1-2H3,(H,18,19). The lowest BCUT2D eigenvalue weighted by Gasteiger charge is -2.26. The number of hydrogen-bond donors (Lipinski definition) is 2. The smallest absolute Gasteiger partial charge is 0.323 e. The minimum atomic E-state index is -0.897. The van der Waals surface area contributed by atoms with Crippen molar-refractivity contribution in [2.75, 3.05) is 12.3 Å². The molecule has 0 amide bonds. The number of thioether (sulfide) groups is 1. The van der Waals surface area contributed by atoms with Crippen molar-refractivity contribution in [3.8, 4) is 0 Å². The van der Waals surface area contributed by atoms with E-state index in [1.165, 1.54) is 17.8 Å². The third-order valence-corrected chi connectivity index (χ3v) is 4.29. The predicted octanol–water partition coefficient (Wildman–Crippen LogP) is 3.54. The van der Waals surface area contributed by atoms with E-state index in [2.05, 4.69) is 5.32 Å². The minimum Gasteiger partial charge on any atom is -0.480 e. The molecule has 0 saturated heterocycles. The summed E-state index contributed by atoms with van der Waals surface area (Å²) in [5.74, 6) is -0.345. The third-order valence-electron chi connectivity index (χ3n) is 3.15. The molecule has 1 unspecified atom stereocenters. The van der Waals surface area contributed by atoms with Gasteiger partial charge in [0.2, 0.25) is 0 Å². The topological polar surface area (TPSA) is 49.3 Å². The molecule has 0 saturated carbocycles. The SMILES string of the molecule is CCCNC(C)(CCCSc1ccccc1F)C(=O)O. The Morgan fingerprint density at radius 3 is 2.75 bits per heavy atom. The van der Waals surface area contributed by atoms with Crippen LogP contribution in [0, 0.1) is 5.82 Å². The van der Waals surface area contributed by atoms with E-state index in [9.17, 15) is 14.3 Å². The van der Waals surface area contributed by atoms with Gasteiger partial charge < -0.3 is 10.4 Å². The van der Waals surface area contributed by atoms with E-state index in [1.807, 2.05) is 6.92 Å². The lowest BCUT2D eigenvalue weighted by Crippen LogP contribution is -2.49. The number of carboxylic acids is 1. The van der Waals surface area contributed by atoms with Crippen LogP contribution < -0.4 is 5.32 Å². The van der Waals surface area contributed by atoms with E-state index >= 15 is 0 Å². The Hall–Kier alpha value is -1.07. The van der Waals surface area contributed by atoms with Crippen molar-refractivity contribution in [3.05, 3.63) is 30.1 Å². The van der Waals surface area contributed by atoms with Crippen molar-refractivity contribution < 1.29 is 14.3 Å². The first-order valence-electron chi connectivity index (χ1n) is 6.85. The quantitative estimate of drug-likeness (QED) is 0.541. The molecule has 1 aromatic carbocycles. The van der Waals surface area contributed by atoms with Crippen LogP contribution in [0.3, 0.4) is 0 Å². The molecule has 5 heteroatoms. The molecule has 1 atom stereocenters. The molecule has 0 aliphatic carbocycles. The van der Waals surface area contributed by atoms with Crippen LogP contribution in [-0.2, 0) is 4.79 Å². The number of halogens is 1. The minimum absolute atomic E-state index is 0.220. The van der Waals surface area contributed by atoms with E-state index in [1.54, 1.807) is 25.1 Å². The maximum Gasteiger partial charge on any atom is 0.323 e. The Kier molecular flexibility index (Phi) is 7.02. The van der Waals surface area contributed by atoms with Crippen LogP contribution in [0.2, 0.25) is 0 Å². The zero-order valence-corrected chi connectivity index (χ0v) is 12.8. The van der Waals surface area contributed by atoms with E-state index in [-0.39, 0.29) is 5.82 Å². The third kappa shape index (κ3) is 5.13. The maximum absolute atomic E-state index is 13.4. The van der Waals surface area contributed by atoms with Gasteiger partial charge in [-0.05, 0) is 50.6 Å². The number of rotatable bonds is 9. The fourth-order valence-electron chi connectivity index (χ4n) is 1.84. The number of nitrogens with one attached hydrogen (secondary N) is 1. The molecular weight excluding hydrogens is 277 g/mol. The van der Waals surface area contributed by atoms with Crippen LogP contribution in [0.5, 0.6) is 0 Å². The van der Waals surface area contributed by atoms with E-state index in [0.29, 0.717) is 23.6 Å². The molecule has 112 valence electrons. The van der Waals surface area contributed by atoms with Gasteiger partial charge in [0.25, 0.3) is 0 Å². The summed E-state index contributed by atoms with van der Waals surface area (Å²) in [5, 5.41) is 12.4. The Morgan fingerprint density at radius 2 is 2.15 bits per heavy atom. The molecular formula is C15H22FNO2S. The van der Waals surface area contributed by atoms with Crippen molar-refractivity contribution >= 4 is 17.7 Å². The van der Waals surface area contributed by atoms with Gasteiger partial charge in [0.15, 0.2) is 0 Å². The van der Waals surface area contributed by atoms with Crippen molar-refractivity contribution in [1.82, 2.24) is 5.32 Å². The molecule has 0 aliphatic heterocycles. The molecule has 1 rings (SSSR count). The summed E-state index contributed by atoms with van der Waals surface area (Å²) in [6.07, 6.45) is 2.15. The summed E-state index contributed by atoms with van der Waals surface area (Å²) in [4.78, 5) is 11.9. The Labute approximate surface area is 124 Å². The zero-order valence-electron chi connectivity index (χ0n) is 12.0. The first kappa shape index (κ1) is 17.0. The fourth-order valence-corrected chi connectivity index (χ4v) is 2.73. The summed E-state index contributed by atoms with van der Waals surface area (Å²) in [6.45, 7) is 4.39. The summed E-state index contributed by atoms with van der Waals surface area (Å²) in [7, 11) is 0. The summed E-state index contributed by atoms with van der Waals surface area (Å²) < 4.78 is 13.4. The molecule has 0 radical (unpaired) electrons. The first-order valence-corrected chi connectivity index (χ1v) is 7.84. The molecule has 2 N–H and O–H groups in total. The predicted molar refractivity (Wildman–Crippen MR) is 80.7 cm³/mol. The molecule has 0 fully saturated rings. The second-order valence-corrected chi connectivity index (χ2v) is 6.08. The highest BCUT2D eigenvalue weighted by molar-refractivity contribution is 7.99. The second-order valence-electron chi connectivity index (χ2n) is 4.95. The summed E-state index contributed by atoms with van der Waals surface area (Å²) in [6, 6.07) is 6.64. The number of aliphatic carboxylic acids is 1. The first-order chi connectivity index (χ1) is 9.49. The highest BCUT2D eigenvalue weighted by atomic mass is 32.2. The van der Waals surface area contributed by atoms with Gasteiger partial charge in [0.1, 0.15) is 11.4 Å². The zero-order chi connectivity index (χ0) is 15.0. The van der Waals surface area contributed by atoms with Crippen LogP contribution in [0.4, 0.5) is 4.39 Å². The number of benzene rings is 1. The average molecular weight is 299 g/mol. The van der Waals surface area contributed by atoms with Gasteiger partial charge in [-0.2, -0.15) is 0 Å². The van der Waals surface area contributed by atoms with Gasteiger partial charge in [-0.3, -0.25) is 4.79 Å². The Balaban J connectivity index is 2.41. The molecule has 0 heterocycles. The van der Waals surface area contributed by atoms with Crippen LogP contribution >= 0.6 is 11.8 Å². The van der Waals surface area contributed by atoms with Crippen LogP contribution in [0.15, 0.2) is 29.2 Å². The molecule has 3 nitrogen and oxygen atoms in total.